The zero-order chi connectivity index (χ0) is 10.6. The molecule has 0 heterocycles. The van der Waals surface area contributed by atoms with Crippen molar-refractivity contribution >= 4 is 11.9 Å². The third-order valence-electron chi connectivity index (χ3n) is 2.63. The molecule has 0 bridgehead atoms. The zero-order valence-corrected chi connectivity index (χ0v) is 8.45. The summed E-state index contributed by atoms with van der Waals surface area (Å²) >= 11 is 0. The van der Waals surface area contributed by atoms with Gasteiger partial charge < -0.3 is 10.4 Å². The monoisotopic (exact) mass is 199 g/mol. The second-order valence-electron chi connectivity index (χ2n) is 4.08. The Labute approximate surface area is 83.7 Å². The maximum atomic E-state index is 11.2. The van der Waals surface area contributed by atoms with Gasteiger partial charge in [0.15, 0.2) is 0 Å². The van der Waals surface area contributed by atoms with Crippen LogP contribution in [0.15, 0.2) is 0 Å². The van der Waals surface area contributed by atoms with Crippen LogP contribution in [0, 0.1) is 5.92 Å². The Morgan fingerprint density at radius 2 is 2.07 bits per heavy atom. The van der Waals surface area contributed by atoms with Crippen LogP contribution in [0.1, 0.15) is 39.0 Å². The minimum Gasteiger partial charge on any atom is -0.481 e. The minimum absolute atomic E-state index is 0.0753. The predicted octanol–water partition coefficient (Wildman–Crippen LogP) is 1.16. The SMILES string of the molecule is CC1CCC(NC(=O)CCC(=O)O)C1. The minimum atomic E-state index is -0.917. The van der Waals surface area contributed by atoms with Crippen LogP contribution in [0.5, 0.6) is 0 Å². The van der Waals surface area contributed by atoms with Crippen molar-refractivity contribution in [3.05, 3.63) is 0 Å². The number of carbonyl (C=O) groups is 2. The Kier molecular flexibility index (Phi) is 3.92. The van der Waals surface area contributed by atoms with E-state index in [1.165, 1.54) is 0 Å². The molecule has 0 saturated heterocycles. The topological polar surface area (TPSA) is 66.4 Å². The number of carboxylic acids is 1. The molecular weight excluding hydrogens is 182 g/mol. The van der Waals surface area contributed by atoms with Gasteiger partial charge in [-0.15, -0.1) is 0 Å². The van der Waals surface area contributed by atoms with Crippen LogP contribution < -0.4 is 5.32 Å². The highest BCUT2D eigenvalue weighted by molar-refractivity contribution is 5.80. The first-order valence-corrected chi connectivity index (χ1v) is 5.09. The first kappa shape index (κ1) is 11.0. The summed E-state index contributed by atoms with van der Waals surface area (Å²) in [6.07, 6.45) is 3.23. The fourth-order valence-electron chi connectivity index (χ4n) is 1.86. The van der Waals surface area contributed by atoms with E-state index in [4.69, 9.17) is 5.11 Å². The second kappa shape index (κ2) is 4.98. The van der Waals surface area contributed by atoms with Crippen molar-refractivity contribution in [3.8, 4) is 0 Å². The third-order valence-corrected chi connectivity index (χ3v) is 2.63. The van der Waals surface area contributed by atoms with E-state index < -0.39 is 5.97 Å². The summed E-state index contributed by atoms with van der Waals surface area (Å²) in [6, 6.07) is 0.270. The van der Waals surface area contributed by atoms with Gasteiger partial charge in [0.1, 0.15) is 0 Å². The Hall–Kier alpha value is -1.06. The van der Waals surface area contributed by atoms with Gasteiger partial charge in [-0.1, -0.05) is 6.92 Å². The molecule has 1 aliphatic rings. The highest BCUT2D eigenvalue weighted by atomic mass is 16.4. The quantitative estimate of drug-likeness (QED) is 0.714. The molecule has 1 amide bonds. The molecule has 2 unspecified atom stereocenters. The van der Waals surface area contributed by atoms with E-state index in [2.05, 4.69) is 12.2 Å². The summed E-state index contributed by atoms with van der Waals surface area (Å²) in [5.74, 6) is -0.369. The molecule has 0 aromatic carbocycles. The maximum absolute atomic E-state index is 11.2. The first-order chi connectivity index (χ1) is 6.58. The molecular formula is C10H17NO3. The summed E-state index contributed by atoms with van der Waals surface area (Å²) in [5.41, 5.74) is 0. The summed E-state index contributed by atoms with van der Waals surface area (Å²) in [6.45, 7) is 2.17. The van der Waals surface area contributed by atoms with Crippen LogP contribution in [0.2, 0.25) is 0 Å². The molecule has 4 heteroatoms. The number of carbonyl (C=O) groups excluding carboxylic acids is 1. The van der Waals surface area contributed by atoms with Gasteiger partial charge in [0.05, 0.1) is 6.42 Å². The molecule has 1 aliphatic carbocycles. The number of nitrogens with one attached hydrogen (secondary N) is 1. The second-order valence-corrected chi connectivity index (χ2v) is 4.08. The van der Waals surface area contributed by atoms with Crippen molar-refractivity contribution in [2.45, 2.75) is 45.1 Å². The van der Waals surface area contributed by atoms with Gasteiger partial charge in [0, 0.05) is 12.5 Å². The summed E-state index contributed by atoms with van der Waals surface area (Å²) in [4.78, 5) is 21.4. The maximum Gasteiger partial charge on any atom is 0.303 e. The van der Waals surface area contributed by atoms with Crippen LogP contribution in [0.3, 0.4) is 0 Å². The Morgan fingerprint density at radius 3 is 2.57 bits per heavy atom. The molecule has 1 rings (SSSR count). The molecule has 1 saturated carbocycles. The molecule has 1 fully saturated rings. The molecule has 0 radical (unpaired) electrons. The Balaban J connectivity index is 2.17. The molecule has 14 heavy (non-hydrogen) atoms. The molecule has 0 aliphatic heterocycles. The number of rotatable bonds is 4. The van der Waals surface area contributed by atoms with E-state index in [0.717, 1.165) is 19.3 Å². The lowest BCUT2D eigenvalue weighted by Gasteiger charge is -2.11. The van der Waals surface area contributed by atoms with Crippen LogP contribution in [0.4, 0.5) is 0 Å². The van der Waals surface area contributed by atoms with Gasteiger partial charge in [-0.05, 0) is 25.2 Å². The van der Waals surface area contributed by atoms with E-state index >= 15 is 0 Å². The number of carboxylic acid groups (broad SMARTS) is 1. The van der Waals surface area contributed by atoms with E-state index in [0.29, 0.717) is 5.92 Å². The molecule has 2 atom stereocenters. The van der Waals surface area contributed by atoms with Gasteiger partial charge in [0.25, 0.3) is 0 Å². The summed E-state index contributed by atoms with van der Waals surface area (Å²) < 4.78 is 0. The van der Waals surface area contributed by atoms with Crippen LogP contribution in [-0.4, -0.2) is 23.0 Å². The average Bonchev–Trinajstić information content (AvgIpc) is 2.48. The lowest BCUT2D eigenvalue weighted by molar-refractivity contribution is -0.138. The van der Waals surface area contributed by atoms with Crippen molar-refractivity contribution in [1.29, 1.82) is 0 Å². The van der Waals surface area contributed by atoms with Crippen LogP contribution in [-0.2, 0) is 9.59 Å². The smallest absolute Gasteiger partial charge is 0.303 e. The zero-order valence-electron chi connectivity index (χ0n) is 8.45. The average molecular weight is 199 g/mol. The summed E-state index contributed by atoms with van der Waals surface area (Å²) in [5, 5.41) is 11.2. The Bertz CT molecular complexity index is 227. The predicted molar refractivity (Wildman–Crippen MR) is 51.8 cm³/mol. The molecule has 80 valence electrons. The van der Waals surface area contributed by atoms with Crippen LogP contribution >= 0.6 is 0 Å². The summed E-state index contributed by atoms with van der Waals surface area (Å²) in [7, 11) is 0. The van der Waals surface area contributed by atoms with Gasteiger partial charge >= 0.3 is 5.97 Å². The van der Waals surface area contributed by atoms with Crippen molar-refractivity contribution in [2.75, 3.05) is 0 Å². The molecule has 4 nitrogen and oxygen atoms in total. The van der Waals surface area contributed by atoms with Crippen molar-refractivity contribution in [1.82, 2.24) is 5.32 Å². The first-order valence-electron chi connectivity index (χ1n) is 5.09. The fraction of sp³-hybridized carbons (Fsp3) is 0.800. The van der Waals surface area contributed by atoms with E-state index in [1.54, 1.807) is 0 Å². The van der Waals surface area contributed by atoms with E-state index in [1.807, 2.05) is 0 Å². The highest BCUT2D eigenvalue weighted by Gasteiger charge is 2.22. The molecule has 0 aromatic rings. The third kappa shape index (κ3) is 3.77. The standard InChI is InChI=1S/C10H17NO3/c1-7-2-3-8(6-7)11-9(12)4-5-10(13)14/h7-8H,2-6H2,1H3,(H,11,12)(H,13,14). The fourth-order valence-corrected chi connectivity index (χ4v) is 1.86. The van der Waals surface area contributed by atoms with Gasteiger partial charge in [-0.2, -0.15) is 0 Å². The normalized spacial score (nSPS) is 26.1. The molecule has 0 spiro atoms. The lowest BCUT2D eigenvalue weighted by atomic mass is 10.1. The number of aliphatic carboxylic acids is 1. The largest absolute Gasteiger partial charge is 0.481 e. The lowest BCUT2D eigenvalue weighted by Crippen LogP contribution is -2.33. The molecule has 0 aromatic heterocycles. The molecule has 2 N–H and O–H groups in total. The van der Waals surface area contributed by atoms with Gasteiger partial charge in [-0.3, -0.25) is 9.59 Å². The van der Waals surface area contributed by atoms with Crippen molar-refractivity contribution < 1.29 is 14.7 Å². The van der Waals surface area contributed by atoms with Crippen molar-refractivity contribution in [2.24, 2.45) is 5.92 Å². The number of amides is 1. The van der Waals surface area contributed by atoms with E-state index in [9.17, 15) is 9.59 Å². The number of hydrogen-bond acceptors (Lipinski definition) is 2. The van der Waals surface area contributed by atoms with E-state index in [-0.39, 0.29) is 24.8 Å². The van der Waals surface area contributed by atoms with Crippen molar-refractivity contribution in [3.63, 3.8) is 0 Å². The van der Waals surface area contributed by atoms with Gasteiger partial charge in [-0.25, -0.2) is 0 Å². The van der Waals surface area contributed by atoms with Gasteiger partial charge in [0.2, 0.25) is 5.91 Å². The Morgan fingerprint density at radius 1 is 1.36 bits per heavy atom. The van der Waals surface area contributed by atoms with Crippen LogP contribution in [0.25, 0.3) is 0 Å². The number of hydrogen-bond donors (Lipinski definition) is 2. The highest BCUT2D eigenvalue weighted by Crippen LogP contribution is 2.24.